The van der Waals surface area contributed by atoms with E-state index < -0.39 is 42.1 Å². The normalized spacial score (nSPS) is 21.0. The molecule has 242 valence electrons. The van der Waals surface area contributed by atoms with Gasteiger partial charge in [-0.2, -0.15) is 0 Å². The van der Waals surface area contributed by atoms with Crippen molar-refractivity contribution in [1.82, 2.24) is 0 Å². The Morgan fingerprint density at radius 2 is 0.766 bits per heavy atom. The second-order valence-electron chi connectivity index (χ2n) is 15.0. The van der Waals surface area contributed by atoms with Crippen LogP contribution in [-0.4, -0.2) is 50.9 Å². The molecule has 0 saturated carbocycles. The molecule has 2 heterocycles. The molecule has 0 spiro atoms. The average molecular weight is 630 g/mol. The lowest BCUT2D eigenvalue weighted by Gasteiger charge is -2.34. The topological polar surface area (TPSA) is 55.4 Å². The van der Waals surface area contributed by atoms with Crippen molar-refractivity contribution < 1.29 is 28.1 Å². The third kappa shape index (κ3) is 4.79. The molecule has 2 saturated heterocycles. The highest BCUT2D eigenvalue weighted by Gasteiger charge is 2.55. The summed E-state index contributed by atoms with van der Waals surface area (Å²) < 4.78 is 37.5. The fraction of sp³-hybridized carbons (Fsp3) is 0.385. The van der Waals surface area contributed by atoms with E-state index >= 15 is 0 Å². The summed E-state index contributed by atoms with van der Waals surface area (Å²) in [6.07, 6.45) is 0. The fourth-order valence-corrected chi connectivity index (χ4v) is 7.08. The predicted octanol–water partition coefficient (Wildman–Crippen LogP) is 6.67. The molecule has 47 heavy (non-hydrogen) atoms. The van der Waals surface area contributed by atoms with Gasteiger partial charge < -0.3 is 28.1 Å². The van der Waals surface area contributed by atoms with E-state index in [1.807, 2.05) is 24.3 Å². The summed E-state index contributed by atoms with van der Waals surface area (Å²) in [5.74, 6) is 1.60. The summed E-state index contributed by atoms with van der Waals surface area (Å²) in [6, 6.07) is 30.1. The Hall–Kier alpha value is -3.55. The quantitative estimate of drug-likeness (QED) is 0.196. The lowest BCUT2D eigenvalue weighted by molar-refractivity contribution is 0.00578. The van der Waals surface area contributed by atoms with Crippen molar-refractivity contribution in [3.8, 4) is 22.6 Å². The Balaban J connectivity index is 1.49. The van der Waals surface area contributed by atoms with E-state index in [4.69, 9.17) is 28.1 Å². The van der Waals surface area contributed by atoms with Gasteiger partial charge in [-0.05, 0) is 124 Å². The minimum absolute atomic E-state index is 0.458. The van der Waals surface area contributed by atoms with Gasteiger partial charge >= 0.3 is 14.2 Å². The van der Waals surface area contributed by atoms with E-state index in [9.17, 15) is 0 Å². The minimum Gasteiger partial charge on any atom is -0.497 e. The van der Waals surface area contributed by atoms with Gasteiger partial charge in [0.2, 0.25) is 0 Å². The number of rotatable bonds is 6. The van der Waals surface area contributed by atoms with Crippen LogP contribution in [0.25, 0.3) is 11.1 Å². The van der Waals surface area contributed by atoms with Crippen molar-refractivity contribution in [2.75, 3.05) is 14.2 Å². The van der Waals surface area contributed by atoms with E-state index in [1.165, 1.54) is 0 Å². The van der Waals surface area contributed by atoms with Crippen LogP contribution in [0.2, 0.25) is 0 Å². The first-order valence-electron chi connectivity index (χ1n) is 16.4. The van der Waals surface area contributed by atoms with E-state index in [-0.39, 0.29) is 0 Å². The maximum atomic E-state index is 6.56. The van der Waals surface area contributed by atoms with Gasteiger partial charge in [0, 0.05) is 0 Å². The smallest absolute Gasteiger partial charge is 0.494 e. The molecule has 0 amide bonds. The van der Waals surface area contributed by atoms with Crippen molar-refractivity contribution in [1.29, 1.82) is 0 Å². The van der Waals surface area contributed by atoms with Crippen LogP contribution < -0.4 is 20.4 Å². The van der Waals surface area contributed by atoms with Gasteiger partial charge in [0.25, 0.3) is 0 Å². The summed E-state index contributed by atoms with van der Waals surface area (Å²) in [4.78, 5) is 0. The number of methoxy groups -OCH3 is 2. The van der Waals surface area contributed by atoms with Crippen molar-refractivity contribution in [2.24, 2.45) is 0 Å². The molecule has 2 fully saturated rings. The molecule has 0 bridgehead atoms. The zero-order valence-corrected chi connectivity index (χ0v) is 29.2. The van der Waals surface area contributed by atoms with Crippen molar-refractivity contribution in [3.05, 3.63) is 107 Å². The third-order valence-electron chi connectivity index (χ3n) is 11.3. The van der Waals surface area contributed by atoms with Gasteiger partial charge in [0.15, 0.2) is 0 Å². The van der Waals surface area contributed by atoms with Gasteiger partial charge in [-0.15, -0.1) is 0 Å². The Morgan fingerprint density at radius 3 is 1.06 bits per heavy atom. The summed E-state index contributed by atoms with van der Waals surface area (Å²) in [6.45, 7) is 16.7. The fourth-order valence-electron chi connectivity index (χ4n) is 7.08. The molecule has 7 rings (SSSR count). The molecule has 6 nitrogen and oxygen atoms in total. The second-order valence-corrected chi connectivity index (χ2v) is 15.0. The van der Waals surface area contributed by atoms with Crippen LogP contribution in [0.15, 0.2) is 84.9 Å². The molecular formula is C39H44B2O6. The highest BCUT2D eigenvalue weighted by atomic mass is 16.7. The molecule has 0 radical (unpaired) electrons. The van der Waals surface area contributed by atoms with Crippen LogP contribution in [0.3, 0.4) is 0 Å². The zero-order chi connectivity index (χ0) is 33.6. The Bertz CT molecular complexity index is 1660. The van der Waals surface area contributed by atoms with Crippen LogP contribution in [0.1, 0.15) is 77.6 Å². The monoisotopic (exact) mass is 630 g/mol. The molecule has 2 aliphatic heterocycles. The molecule has 0 aromatic heterocycles. The van der Waals surface area contributed by atoms with E-state index in [0.29, 0.717) is 0 Å². The van der Waals surface area contributed by atoms with Crippen LogP contribution in [0, 0.1) is 0 Å². The maximum absolute atomic E-state index is 6.56. The first-order valence-corrected chi connectivity index (χ1v) is 16.4. The van der Waals surface area contributed by atoms with Gasteiger partial charge in [-0.1, -0.05) is 60.7 Å². The molecule has 1 aliphatic carbocycles. The molecule has 4 aromatic rings. The summed E-state index contributed by atoms with van der Waals surface area (Å²) in [7, 11) is 2.39. The highest BCUT2D eigenvalue weighted by Crippen LogP contribution is 2.56. The Kier molecular flexibility index (Phi) is 7.31. The van der Waals surface area contributed by atoms with Gasteiger partial charge in [0.1, 0.15) is 11.5 Å². The molecule has 4 aromatic carbocycles. The first-order chi connectivity index (χ1) is 22.1. The number of hydrogen-bond donors (Lipinski definition) is 0. The molecule has 0 unspecified atom stereocenters. The summed E-state index contributed by atoms with van der Waals surface area (Å²) in [5.41, 5.74) is 6.29. The van der Waals surface area contributed by atoms with Gasteiger partial charge in [-0.3, -0.25) is 0 Å². The highest BCUT2D eigenvalue weighted by molar-refractivity contribution is 6.62. The SMILES string of the molecule is COc1ccc(C2(c3ccc(OC)cc3)c3cc(B4OC(C)(C)C(C)(C)O4)ccc3-c3ccc(B4OC(C)(C)C(C)(C)O4)cc32)cc1. The van der Waals surface area contributed by atoms with E-state index in [1.54, 1.807) is 14.2 Å². The molecular weight excluding hydrogens is 586 g/mol. The average Bonchev–Trinajstić information content (AvgIpc) is 3.55. The third-order valence-corrected chi connectivity index (χ3v) is 11.3. The minimum atomic E-state index is -0.692. The molecule has 3 aliphatic rings. The van der Waals surface area contributed by atoms with Crippen LogP contribution in [-0.2, 0) is 24.0 Å². The van der Waals surface area contributed by atoms with Crippen LogP contribution in [0.5, 0.6) is 11.5 Å². The molecule has 8 heteroatoms. The summed E-state index contributed by atoms with van der Waals surface area (Å²) >= 11 is 0. The number of fused-ring (bicyclic) bond motifs is 3. The van der Waals surface area contributed by atoms with E-state index in [2.05, 4.69) is 116 Å². The first kappa shape index (κ1) is 32.0. The van der Waals surface area contributed by atoms with Crippen molar-refractivity contribution >= 4 is 25.2 Å². The van der Waals surface area contributed by atoms with Crippen molar-refractivity contribution in [2.45, 2.75) is 83.2 Å². The van der Waals surface area contributed by atoms with Gasteiger partial charge in [0.05, 0.1) is 42.0 Å². The Morgan fingerprint density at radius 1 is 0.447 bits per heavy atom. The second kappa shape index (κ2) is 10.7. The molecule has 0 N–H and O–H groups in total. The number of benzene rings is 4. The molecule has 0 atom stereocenters. The maximum Gasteiger partial charge on any atom is 0.494 e. The number of ether oxygens (including phenoxy) is 2. The Labute approximate surface area is 280 Å². The predicted molar refractivity (Wildman–Crippen MR) is 188 cm³/mol. The lowest BCUT2D eigenvalue weighted by Crippen LogP contribution is -2.41. The lowest BCUT2D eigenvalue weighted by atomic mass is 9.65. The largest absolute Gasteiger partial charge is 0.497 e. The number of hydrogen-bond acceptors (Lipinski definition) is 6. The summed E-state index contributed by atoms with van der Waals surface area (Å²) in [5, 5.41) is 0. The van der Waals surface area contributed by atoms with Crippen LogP contribution >= 0.6 is 0 Å². The van der Waals surface area contributed by atoms with Gasteiger partial charge in [-0.25, -0.2) is 0 Å². The van der Waals surface area contributed by atoms with E-state index in [0.717, 1.165) is 55.8 Å². The standard InChI is InChI=1S/C39H44B2O6/c1-35(2)36(3,4)45-40(44-35)27-15-21-31-32-22-16-28(41-46-37(5,6)38(7,8)47-41)24-34(32)39(33(31)23-27,25-11-17-29(42-9)18-12-25)26-13-19-30(43-10)20-14-26/h11-24H,1-10H3. The van der Waals surface area contributed by atoms with Crippen LogP contribution in [0.4, 0.5) is 0 Å². The van der Waals surface area contributed by atoms with Crippen molar-refractivity contribution in [3.63, 3.8) is 0 Å². The zero-order valence-electron chi connectivity index (χ0n) is 29.2.